The van der Waals surface area contributed by atoms with Crippen molar-refractivity contribution in [3.05, 3.63) is 81.1 Å². The van der Waals surface area contributed by atoms with E-state index in [1.807, 2.05) is 30.3 Å². The molecule has 3 rings (SSSR count). The second-order valence-electron chi connectivity index (χ2n) is 6.21. The summed E-state index contributed by atoms with van der Waals surface area (Å²) in [7, 11) is 1.56. The fraction of sp³-hybridized carbons (Fsp3) is 0.190. The Morgan fingerprint density at radius 1 is 1.21 bits per heavy atom. The molecule has 0 atom stereocenters. The number of ketones is 1. The van der Waals surface area contributed by atoms with E-state index in [1.54, 1.807) is 25.3 Å². The minimum Gasteiger partial charge on any atom is -0.496 e. The van der Waals surface area contributed by atoms with Gasteiger partial charge in [-0.2, -0.15) is 4.98 Å². The van der Waals surface area contributed by atoms with Crippen molar-refractivity contribution in [2.24, 2.45) is 0 Å². The van der Waals surface area contributed by atoms with E-state index in [0.717, 1.165) is 11.1 Å². The van der Waals surface area contributed by atoms with Crippen molar-refractivity contribution in [3.63, 3.8) is 0 Å². The molecule has 1 aromatic heterocycles. The normalized spacial score (nSPS) is 10.6. The van der Waals surface area contributed by atoms with Crippen LogP contribution in [-0.2, 0) is 12.2 Å². The van der Waals surface area contributed by atoms with Gasteiger partial charge in [-0.05, 0) is 30.7 Å². The Labute approximate surface area is 166 Å². The van der Waals surface area contributed by atoms with Crippen LogP contribution in [0.5, 0.6) is 11.6 Å². The van der Waals surface area contributed by atoms with Crippen LogP contribution in [0.15, 0.2) is 58.5 Å². The van der Waals surface area contributed by atoms with Crippen LogP contribution in [0.1, 0.15) is 34.0 Å². The molecule has 2 aromatic carbocycles. The molecule has 7 heteroatoms. The van der Waals surface area contributed by atoms with Crippen molar-refractivity contribution in [2.75, 3.05) is 7.11 Å². The van der Waals surface area contributed by atoms with Gasteiger partial charge < -0.3 is 14.8 Å². The molecule has 2 N–H and O–H groups in total. The van der Waals surface area contributed by atoms with E-state index in [9.17, 15) is 14.7 Å². The van der Waals surface area contributed by atoms with Crippen LogP contribution in [0.25, 0.3) is 0 Å². The maximum absolute atomic E-state index is 12.4. The third-order valence-corrected chi connectivity index (χ3v) is 5.17. The van der Waals surface area contributed by atoms with Gasteiger partial charge in [-0.1, -0.05) is 42.1 Å². The number of carbonyl (C=O) groups is 1. The first-order valence-electron chi connectivity index (χ1n) is 8.64. The Morgan fingerprint density at radius 3 is 2.61 bits per heavy atom. The van der Waals surface area contributed by atoms with E-state index in [1.165, 1.54) is 18.7 Å². The summed E-state index contributed by atoms with van der Waals surface area (Å²) in [6.45, 7) is 1.50. The highest BCUT2D eigenvalue weighted by Gasteiger charge is 2.13. The summed E-state index contributed by atoms with van der Waals surface area (Å²) in [5.74, 6) is 0.748. The van der Waals surface area contributed by atoms with Crippen LogP contribution in [0.2, 0.25) is 0 Å². The van der Waals surface area contributed by atoms with Gasteiger partial charge in [-0.25, -0.2) is 0 Å². The summed E-state index contributed by atoms with van der Waals surface area (Å²) in [5.41, 5.74) is 2.15. The Morgan fingerprint density at radius 2 is 1.96 bits per heavy atom. The molecule has 0 saturated heterocycles. The summed E-state index contributed by atoms with van der Waals surface area (Å²) < 4.78 is 5.34. The zero-order valence-corrected chi connectivity index (χ0v) is 16.4. The number of carbonyl (C=O) groups excluding carboxylic acids is 1. The molecule has 0 amide bonds. The lowest BCUT2D eigenvalue weighted by Gasteiger charge is -2.10. The van der Waals surface area contributed by atoms with Gasteiger partial charge in [0.1, 0.15) is 5.75 Å². The molecule has 0 aliphatic heterocycles. The van der Waals surface area contributed by atoms with Crippen LogP contribution in [-0.4, -0.2) is 28.0 Å². The highest BCUT2D eigenvalue weighted by Crippen LogP contribution is 2.28. The minimum atomic E-state index is -0.372. The number of aromatic hydroxyl groups is 1. The molecule has 0 radical (unpaired) electrons. The van der Waals surface area contributed by atoms with E-state index >= 15 is 0 Å². The number of ether oxygens (including phenoxy) is 1. The van der Waals surface area contributed by atoms with Gasteiger partial charge in [-0.3, -0.25) is 9.59 Å². The number of Topliss-reactive ketones (excluding diaryl/α,β-unsaturated/α-hetero) is 1. The first-order valence-corrected chi connectivity index (χ1v) is 9.63. The number of benzene rings is 2. The van der Waals surface area contributed by atoms with Crippen molar-refractivity contribution < 1.29 is 14.6 Å². The van der Waals surface area contributed by atoms with E-state index in [4.69, 9.17) is 4.74 Å². The predicted molar refractivity (Wildman–Crippen MR) is 108 cm³/mol. The van der Waals surface area contributed by atoms with Gasteiger partial charge in [0.25, 0.3) is 5.56 Å². The molecule has 0 saturated carbocycles. The van der Waals surface area contributed by atoms with E-state index in [0.29, 0.717) is 28.6 Å². The fourth-order valence-corrected chi connectivity index (χ4v) is 3.58. The molecule has 0 unspecified atom stereocenters. The molecule has 6 nitrogen and oxygen atoms in total. The Hall–Kier alpha value is -3.06. The van der Waals surface area contributed by atoms with Crippen molar-refractivity contribution >= 4 is 17.5 Å². The van der Waals surface area contributed by atoms with Gasteiger partial charge in [0.15, 0.2) is 10.9 Å². The monoisotopic (exact) mass is 396 g/mol. The number of hydrogen-bond acceptors (Lipinski definition) is 6. The maximum atomic E-state index is 12.4. The summed E-state index contributed by atoms with van der Waals surface area (Å²) in [4.78, 5) is 30.8. The van der Waals surface area contributed by atoms with E-state index < -0.39 is 0 Å². The average molecular weight is 396 g/mol. The lowest BCUT2D eigenvalue weighted by Crippen LogP contribution is -2.15. The summed E-state index contributed by atoms with van der Waals surface area (Å²) in [5, 5.41) is 10.5. The van der Waals surface area contributed by atoms with E-state index in [-0.39, 0.29) is 22.8 Å². The van der Waals surface area contributed by atoms with Crippen LogP contribution in [0, 0.1) is 0 Å². The van der Waals surface area contributed by atoms with Crippen molar-refractivity contribution in [3.8, 4) is 11.6 Å². The molecular weight excluding hydrogens is 376 g/mol. The van der Waals surface area contributed by atoms with E-state index in [2.05, 4.69) is 9.97 Å². The first kappa shape index (κ1) is 19.7. The van der Waals surface area contributed by atoms with Crippen molar-refractivity contribution in [2.45, 2.75) is 24.3 Å². The number of rotatable bonds is 7. The SMILES string of the molecule is COc1ccc(C(C)=O)cc1CSc1nc(O)c(Cc2ccccc2)c(=O)[nH]1. The fourth-order valence-electron chi connectivity index (χ4n) is 2.75. The Balaban J connectivity index is 1.80. The van der Waals surface area contributed by atoms with Gasteiger partial charge in [-0.15, -0.1) is 0 Å². The van der Waals surface area contributed by atoms with Crippen molar-refractivity contribution in [1.29, 1.82) is 0 Å². The molecule has 0 aliphatic carbocycles. The molecule has 0 spiro atoms. The third-order valence-electron chi connectivity index (χ3n) is 4.25. The molecule has 0 fully saturated rings. The number of hydrogen-bond donors (Lipinski definition) is 2. The lowest BCUT2D eigenvalue weighted by molar-refractivity contribution is 0.101. The molecule has 1 heterocycles. The third kappa shape index (κ3) is 4.61. The smallest absolute Gasteiger partial charge is 0.258 e. The highest BCUT2D eigenvalue weighted by molar-refractivity contribution is 7.98. The minimum absolute atomic E-state index is 0.0386. The number of H-pyrrole nitrogens is 1. The summed E-state index contributed by atoms with van der Waals surface area (Å²) in [6, 6.07) is 14.6. The summed E-state index contributed by atoms with van der Waals surface area (Å²) >= 11 is 1.25. The second-order valence-corrected chi connectivity index (χ2v) is 7.17. The van der Waals surface area contributed by atoms with Crippen LogP contribution in [0.3, 0.4) is 0 Å². The zero-order valence-electron chi connectivity index (χ0n) is 15.6. The quantitative estimate of drug-likeness (QED) is 0.360. The number of aromatic amines is 1. The van der Waals surface area contributed by atoms with Gasteiger partial charge >= 0.3 is 0 Å². The topological polar surface area (TPSA) is 92.3 Å². The number of nitrogens with zero attached hydrogens (tertiary/aromatic N) is 1. The van der Waals surface area contributed by atoms with Crippen LogP contribution >= 0.6 is 11.8 Å². The predicted octanol–water partition coefficient (Wildman–Crippen LogP) is 3.57. The number of aromatic nitrogens is 2. The van der Waals surface area contributed by atoms with Crippen LogP contribution < -0.4 is 10.3 Å². The standard InChI is InChI=1S/C21H20N2O4S/c1-13(24)15-8-9-18(27-2)16(11-15)12-28-21-22-19(25)17(20(26)23-21)10-14-6-4-3-5-7-14/h3-9,11H,10,12H2,1-2H3,(H2,22,23,25,26). The maximum Gasteiger partial charge on any atom is 0.258 e. The Bertz CT molecular complexity index is 1050. The molecule has 3 aromatic rings. The largest absolute Gasteiger partial charge is 0.496 e. The number of nitrogens with one attached hydrogen (secondary N) is 1. The number of thioether (sulfide) groups is 1. The second kappa shape index (κ2) is 8.75. The summed E-state index contributed by atoms with van der Waals surface area (Å²) in [6.07, 6.45) is 0.300. The van der Waals surface area contributed by atoms with Crippen LogP contribution in [0.4, 0.5) is 0 Å². The highest BCUT2D eigenvalue weighted by atomic mass is 32.2. The molecule has 0 aliphatic rings. The molecule has 144 valence electrons. The lowest BCUT2D eigenvalue weighted by atomic mass is 10.1. The average Bonchev–Trinajstić information content (AvgIpc) is 2.69. The van der Waals surface area contributed by atoms with Crippen molar-refractivity contribution in [1.82, 2.24) is 9.97 Å². The molecule has 0 bridgehead atoms. The van der Waals surface area contributed by atoms with Gasteiger partial charge in [0.05, 0.1) is 12.7 Å². The Kier molecular flexibility index (Phi) is 6.16. The molecule has 28 heavy (non-hydrogen) atoms. The zero-order chi connectivity index (χ0) is 20.1. The number of methoxy groups -OCH3 is 1. The van der Waals surface area contributed by atoms with Gasteiger partial charge in [0.2, 0.25) is 5.88 Å². The molecular formula is C21H20N2O4S. The first-order chi connectivity index (χ1) is 13.5. The van der Waals surface area contributed by atoms with Gasteiger partial charge in [0, 0.05) is 23.3 Å².